The van der Waals surface area contributed by atoms with Crippen molar-refractivity contribution >= 4 is 24.1 Å². The lowest BCUT2D eigenvalue weighted by Crippen LogP contribution is -2.35. The molecule has 20 heteroatoms. The number of carboxylic acids is 2. The molecule has 2 amide bonds. The van der Waals surface area contributed by atoms with Crippen molar-refractivity contribution in [3.05, 3.63) is 140 Å². The quantitative estimate of drug-likeness (QED) is 0.0496. The maximum absolute atomic E-state index is 12.0. The van der Waals surface area contributed by atoms with Crippen LogP contribution in [0.4, 0.5) is 9.59 Å². The molecular formula is C41H48N6O14. The number of nitrogens with one attached hydrogen (secondary N) is 2. The van der Waals surface area contributed by atoms with Crippen LogP contribution in [0.25, 0.3) is 22.3 Å². The van der Waals surface area contributed by atoms with Crippen molar-refractivity contribution < 1.29 is 58.7 Å². The number of rotatable bonds is 15. The molecule has 6 rings (SSSR count). The number of amides is 2. The summed E-state index contributed by atoms with van der Waals surface area (Å²) in [5.41, 5.74) is 18.4. The number of carboxylic acid groups (broad SMARTS) is 2. The van der Waals surface area contributed by atoms with Gasteiger partial charge in [-0.15, -0.1) is 20.2 Å². The molecule has 0 saturated carbocycles. The molecule has 0 heterocycles. The third kappa shape index (κ3) is 15.4. The van der Waals surface area contributed by atoms with Crippen LogP contribution in [0.1, 0.15) is 67.2 Å². The molecule has 8 N–H and O–H groups in total. The molecular weight excluding hydrogens is 800 g/mol. The zero-order valence-corrected chi connectivity index (χ0v) is 33.3. The van der Waals surface area contributed by atoms with Gasteiger partial charge in [-0.1, -0.05) is 97.1 Å². The summed E-state index contributed by atoms with van der Waals surface area (Å²) in [6.07, 6.45) is -0.848. The molecule has 61 heavy (non-hydrogen) atoms. The molecule has 4 aromatic rings. The molecule has 0 spiro atoms. The van der Waals surface area contributed by atoms with Gasteiger partial charge in [-0.2, -0.15) is 0 Å². The van der Waals surface area contributed by atoms with Crippen LogP contribution in [0, 0.1) is 20.2 Å². The van der Waals surface area contributed by atoms with E-state index in [1.807, 2.05) is 60.7 Å². The summed E-state index contributed by atoms with van der Waals surface area (Å²) in [7, 11) is 0. The van der Waals surface area contributed by atoms with Crippen LogP contribution in [-0.4, -0.2) is 83.3 Å². The van der Waals surface area contributed by atoms with Gasteiger partial charge in [-0.3, -0.25) is 19.3 Å². The number of benzene rings is 4. The number of hydrogen-bond acceptors (Lipinski definition) is 14. The Labute approximate surface area is 349 Å². The van der Waals surface area contributed by atoms with Crippen LogP contribution in [0.5, 0.6) is 0 Å². The number of nitrogens with two attached hydrogens (primary N) is 2. The van der Waals surface area contributed by atoms with Gasteiger partial charge in [-0.25, -0.2) is 9.59 Å². The van der Waals surface area contributed by atoms with Gasteiger partial charge in [-0.05, 0) is 64.8 Å². The van der Waals surface area contributed by atoms with E-state index >= 15 is 0 Å². The number of fused-ring (bicyclic) bond motifs is 6. The fraction of sp³-hybridized carbons (Fsp3) is 0.317. The Kier molecular flexibility index (Phi) is 19.4. The van der Waals surface area contributed by atoms with Gasteiger partial charge in [0.1, 0.15) is 26.7 Å². The topological polar surface area (TPSA) is 308 Å². The summed E-state index contributed by atoms with van der Waals surface area (Å²) in [4.78, 5) is 70.4. The van der Waals surface area contributed by atoms with E-state index in [9.17, 15) is 19.2 Å². The van der Waals surface area contributed by atoms with E-state index in [0.29, 0.717) is 6.42 Å². The smallest absolute Gasteiger partial charge is 0.407 e. The minimum absolute atomic E-state index is 0.00192. The average Bonchev–Trinajstić information content (AvgIpc) is 3.71. The van der Waals surface area contributed by atoms with Crippen molar-refractivity contribution in [1.82, 2.24) is 10.6 Å². The predicted molar refractivity (Wildman–Crippen MR) is 219 cm³/mol. The van der Waals surface area contributed by atoms with Crippen molar-refractivity contribution in [2.45, 2.75) is 57.0 Å². The van der Waals surface area contributed by atoms with E-state index in [1.165, 1.54) is 22.3 Å². The number of carbonyl (C=O) groups excluding carboxylic acids is 2. The van der Waals surface area contributed by atoms with E-state index < -0.39 is 40.3 Å². The Bertz CT molecular complexity index is 2010. The van der Waals surface area contributed by atoms with Gasteiger partial charge in [0.25, 0.3) is 10.2 Å². The number of alkyl carbamates (subject to hydrolysis) is 2. The van der Waals surface area contributed by atoms with Crippen molar-refractivity contribution in [1.29, 1.82) is 0 Å². The van der Waals surface area contributed by atoms with E-state index in [0.717, 1.165) is 22.3 Å². The lowest BCUT2D eigenvalue weighted by molar-refractivity contribution is -0.757. The second-order valence-corrected chi connectivity index (χ2v) is 13.3. The maximum Gasteiger partial charge on any atom is 0.407 e. The van der Waals surface area contributed by atoms with Gasteiger partial charge in [0.2, 0.25) is 0 Å². The van der Waals surface area contributed by atoms with Gasteiger partial charge < -0.3 is 41.8 Å². The monoisotopic (exact) mass is 848 g/mol. The van der Waals surface area contributed by atoms with Crippen LogP contribution < -0.4 is 22.1 Å². The normalized spacial score (nSPS) is 12.5. The van der Waals surface area contributed by atoms with Crippen LogP contribution in [-0.2, 0) is 28.7 Å². The highest BCUT2D eigenvalue weighted by atomic mass is 17.0. The highest BCUT2D eigenvalue weighted by Gasteiger charge is 2.30. The Morgan fingerprint density at radius 3 is 1.21 bits per heavy atom. The van der Waals surface area contributed by atoms with Crippen molar-refractivity contribution in [2.24, 2.45) is 11.5 Å². The third-order valence-corrected chi connectivity index (χ3v) is 9.05. The van der Waals surface area contributed by atoms with Crippen molar-refractivity contribution in [2.75, 3.05) is 26.7 Å². The molecule has 0 radical (unpaired) electrons. The largest absolute Gasteiger partial charge is 0.481 e. The summed E-state index contributed by atoms with van der Waals surface area (Å²) in [5.74, 6) is -1.81. The second kappa shape index (κ2) is 24.6. The number of aliphatic carboxylic acids is 2. The number of carbonyl (C=O) groups is 4. The third-order valence-electron chi connectivity index (χ3n) is 9.05. The maximum atomic E-state index is 12.0. The molecule has 0 aliphatic heterocycles. The van der Waals surface area contributed by atoms with E-state index in [2.05, 4.69) is 68.2 Å². The molecule has 2 unspecified atom stereocenters. The minimum Gasteiger partial charge on any atom is -0.481 e. The fourth-order valence-corrected chi connectivity index (χ4v) is 6.53. The molecule has 0 fully saturated rings. The van der Waals surface area contributed by atoms with Gasteiger partial charge in [0.15, 0.2) is 0 Å². The van der Waals surface area contributed by atoms with Gasteiger partial charge in [0.05, 0.1) is 6.42 Å². The first-order chi connectivity index (χ1) is 29.2. The number of nitrogens with zero attached hydrogens (tertiary/aromatic N) is 2. The molecule has 0 saturated heterocycles. The standard InChI is InChI=1S/C20H21NO4.C19H19NO4.2CH4N2O3/c1-13(10-11-19(22)23)21-20(24)25-12-18-16-8-4-2-6-14(16)15-7-3-5-9-17(15)18;1-12(10-18(21)22)20-19(23)24-11-17-15-8-4-2-6-13(15)14-7-3-5-9-16(14)17;2*2-1-6-3(4)5/h2-9,13,18H,10-12H2,1H3,(H,21,24)(H,22,23);2-9,12,17H,10-11H2,1H3,(H,20,23)(H,21,22);2*1-2H2. The summed E-state index contributed by atoms with van der Waals surface area (Å²) < 4.78 is 10.8. The van der Waals surface area contributed by atoms with E-state index in [1.54, 1.807) is 13.8 Å². The molecule has 0 aromatic heterocycles. The van der Waals surface area contributed by atoms with Crippen molar-refractivity contribution in [3.8, 4) is 22.3 Å². The van der Waals surface area contributed by atoms with E-state index in [4.69, 9.17) is 39.9 Å². The van der Waals surface area contributed by atoms with E-state index in [-0.39, 0.29) is 57.4 Å². The fourth-order valence-electron chi connectivity index (χ4n) is 6.53. The first-order valence-electron chi connectivity index (χ1n) is 18.8. The Hall–Kier alpha value is -7.32. The SMILES string of the molecule is CC(CC(=O)O)NC(=O)OCC1c2ccccc2-c2ccccc21.CC(CCC(=O)O)NC(=O)OCC1c2ccccc2-c2ccccc21.NCO[N+](=O)[O-].NCO[N+](=O)[O-]. The zero-order chi connectivity index (χ0) is 44.9. The Balaban J connectivity index is 0.000000257. The zero-order valence-electron chi connectivity index (χ0n) is 33.3. The first-order valence-corrected chi connectivity index (χ1v) is 18.8. The number of hydrogen-bond donors (Lipinski definition) is 6. The van der Waals surface area contributed by atoms with Crippen LogP contribution in [0.3, 0.4) is 0 Å². The van der Waals surface area contributed by atoms with Gasteiger partial charge in [0, 0.05) is 30.3 Å². The summed E-state index contributed by atoms with van der Waals surface area (Å²) in [6, 6.07) is 31.8. The van der Waals surface area contributed by atoms with Crippen LogP contribution in [0.15, 0.2) is 97.1 Å². The molecule has 2 aliphatic rings. The highest BCUT2D eigenvalue weighted by molar-refractivity contribution is 5.80. The molecule has 2 aliphatic carbocycles. The first kappa shape index (κ1) is 48.1. The van der Waals surface area contributed by atoms with Crippen LogP contribution in [0.2, 0.25) is 0 Å². The predicted octanol–water partition coefficient (Wildman–Crippen LogP) is 5.39. The molecule has 4 aromatic carbocycles. The lowest BCUT2D eigenvalue weighted by atomic mass is 9.98. The molecule has 20 nitrogen and oxygen atoms in total. The minimum atomic E-state index is -0.957. The lowest BCUT2D eigenvalue weighted by Gasteiger charge is -2.16. The molecule has 326 valence electrons. The average molecular weight is 849 g/mol. The Morgan fingerprint density at radius 1 is 0.607 bits per heavy atom. The highest BCUT2D eigenvalue weighted by Crippen LogP contribution is 2.45. The van der Waals surface area contributed by atoms with Crippen LogP contribution >= 0.6 is 0 Å². The molecule has 2 atom stereocenters. The second-order valence-electron chi connectivity index (χ2n) is 13.3. The summed E-state index contributed by atoms with van der Waals surface area (Å²) in [5, 5.41) is 39.0. The summed E-state index contributed by atoms with van der Waals surface area (Å²) >= 11 is 0. The van der Waals surface area contributed by atoms with Gasteiger partial charge >= 0.3 is 24.1 Å². The Morgan fingerprint density at radius 2 is 0.934 bits per heavy atom. The molecule has 0 bridgehead atoms. The van der Waals surface area contributed by atoms with Crippen molar-refractivity contribution in [3.63, 3.8) is 0 Å². The summed E-state index contributed by atoms with van der Waals surface area (Å²) in [6.45, 7) is 3.14. The number of ether oxygens (including phenoxy) is 2.